The average Bonchev–Trinajstić information content (AvgIpc) is 2.28. The van der Waals surface area contributed by atoms with Gasteiger partial charge in [0.2, 0.25) is 0 Å². The number of nitrogens with two attached hydrogens (primary N) is 1. The molecule has 0 amide bonds. The highest BCUT2D eigenvalue weighted by atomic mass is 16.5. The lowest BCUT2D eigenvalue weighted by atomic mass is 9.70. The number of hydrogen-bond donors (Lipinski definition) is 1. The molecular formula is C15H32N2O. The predicted molar refractivity (Wildman–Crippen MR) is 77.7 cm³/mol. The normalized spacial score (nSPS) is 29.2. The maximum atomic E-state index is 6.07. The van der Waals surface area contributed by atoms with Crippen molar-refractivity contribution < 1.29 is 4.74 Å². The molecule has 2 atom stereocenters. The second kappa shape index (κ2) is 7.46. The van der Waals surface area contributed by atoms with Crippen molar-refractivity contribution in [3.05, 3.63) is 0 Å². The zero-order valence-electron chi connectivity index (χ0n) is 12.7. The molecule has 1 aliphatic rings. The Morgan fingerprint density at radius 2 is 2.17 bits per heavy atom. The third-order valence-electron chi connectivity index (χ3n) is 4.15. The van der Waals surface area contributed by atoms with Gasteiger partial charge in [-0.05, 0) is 51.6 Å². The highest BCUT2D eigenvalue weighted by molar-refractivity contribution is 4.88. The highest BCUT2D eigenvalue weighted by Crippen LogP contribution is 2.38. The van der Waals surface area contributed by atoms with Crippen LogP contribution in [-0.2, 0) is 4.74 Å². The zero-order chi connectivity index (χ0) is 13.6. The molecule has 0 radical (unpaired) electrons. The molecule has 108 valence electrons. The van der Waals surface area contributed by atoms with Crippen LogP contribution in [0, 0.1) is 11.3 Å². The van der Waals surface area contributed by atoms with E-state index in [9.17, 15) is 0 Å². The van der Waals surface area contributed by atoms with Gasteiger partial charge in [-0.3, -0.25) is 0 Å². The van der Waals surface area contributed by atoms with Crippen LogP contribution in [0.4, 0.5) is 0 Å². The molecule has 3 nitrogen and oxygen atoms in total. The van der Waals surface area contributed by atoms with Crippen LogP contribution in [0.1, 0.15) is 46.5 Å². The van der Waals surface area contributed by atoms with Gasteiger partial charge in [0.05, 0.1) is 12.7 Å². The number of ether oxygens (including phenoxy) is 1. The summed E-state index contributed by atoms with van der Waals surface area (Å²) in [5.41, 5.74) is 6.42. The van der Waals surface area contributed by atoms with E-state index in [1.807, 2.05) is 0 Å². The van der Waals surface area contributed by atoms with Crippen molar-refractivity contribution >= 4 is 0 Å². The Hall–Kier alpha value is -0.120. The summed E-state index contributed by atoms with van der Waals surface area (Å²) in [6, 6.07) is 0. The molecule has 18 heavy (non-hydrogen) atoms. The molecule has 2 N–H and O–H groups in total. The molecule has 1 fully saturated rings. The molecule has 0 saturated heterocycles. The number of hydrogen-bond acceptors (Lipinski definition) is 3. The molecule has 0 aliphatic heterocycles. The minimum atomic E-state index is 0.330. The first-order valence-corrected chi connectivity index (χ1v) is 7.48. The van der Waals surface area contributed by atoms with Gasteiger partial charge in [0.1, 0.15) is 0 Å². The van der Waals surface area contributed by atoms with Crippen molar-refractivity contribution in [2.75, 3.05) is 33.3 Å². The smallest absolute Gasteiger partial charge is 0.0596 e. The fourth-order valence-corrected chi connectivity index (χ4v) is 3.26. The van der Waals surface area contributed by atoms with Gasteiger partial charge in [0, 0.05) is 13.1 Å². The molecule has 3 heteroatoms. The summed E-state index contributed by atoms with van der Waals surface area (Å²) in [6.07, 6.45) is 5.63. The van der Waals surface area contributed by atoms with Gasteiger partial charge >= 0.3 is 0 Å². The first-order valence-electron chi connectivity index (χ1n) is 7.48. The molecule has 1 saturated carbocycles. The summed E-state index contributed by atoms with van der Waals surface area (Å²) < 4.78 is 5.62. The Balaban J connectivity index is 2.37. The number of nitrogens with zero attached hydrogens (tertiary/aromatic N) is 1. The first-order chi connectivity index (χ1) is 8.47. The van der Waals surface area contributed by atoms with Gasteiger partial charge < -0.3 is 15.4 Å². The second-order valence-corrected chi connectivity index (χ2v) is 6.56. The Morgan fingerprint density at radius 1 is 1.44 bits per heavy atom. The van der Waals surface area contributed by atoms with Gasteiger partial charge in [-0.1, -0.05) is 19.8 Å². The highest BCUT2D eigenvalue weighted by Gasteiger charge is 2.34. The molecule has 0 heterocycles. The van der Waals surface area contributed by atoms with Crippen LogP contribution in [0.2, 0.25) is 0 Å². The molecule has 0 aromatic rings. The molecule has 1 aliphatic carbocycles. The van der Waals surface area contributed by atoms with E-state index in [2.05, 4.69) is 32.7 Å². The van der Waals surface area contributed by atoms with Crippen molar-refractivity contribution in [2.45, 2.75) is 52.6 Å². The topological polar surface area (TPSA) is 38.5 Å². The summed E-state index contributed by atoms with van der Waals surface area (Å²) >= 11 is 0. The molecule has 0 spiro atoms. The van der Waals surface area contributed by atoms with Gasteiger partial charge in [-0.15, -0.1) is 0 Å². The van der Waals surface area contributed by atoms with Crippen molar-refractivity contribution in [3.63, 3.8) is 0 Å². The van der Waals surface area contributed by atoms with Gasteiger partial charge in [-0.2, -0.15) is 0 Å². The summed E-state index contributed by atoms with van der Waals surface area (Å²) in [6.45, 7) is 10.3. The lowest BCUT2D eigenvalue weighted by Crippen LogP contribution is -2.45. The van der Waals surface area contributed by atoms with E-state index in [4.69, 9.17) is 10.5 Å². The summed E-state index contributed by atoms with van der Waals surface area (Å²) in [7, 11) is 2.19. The average molecular weight is 256 g/mol. The maximum Gasteiger partial charge on any atom is 0.0596 e. The van der Waals surface area contributed by atoms with Crippen molar-refractivity contribution in [2.24, 2.45) is 17.1 Å². The van der Waals surface area contributed by atoms with Gasteiger partial charge in [0.25, 0.3) is 0 Å². The van der Waals surface area contributed by atoms with Crippen molar-refractivity contribution in [1.82, 2.24) is 4.90 Å². The lowest BCUT2D eigenvalue weighted by molar-refractivity contribution is 0.0447. The lowest BCUT2D eigenvalue weighted by Gasteiger charge is -2.41. The molecular weight excluding hydrogens is 224 g/mol. The second-order valence-electron chi connectivity index (χ2n) is 6.56. The minimum absolute atomic E-state index is 0.330. The van der Waals surface area contributed by atoms with E-state index in [1.165, 1.54) is 25.7 Å². The van der Waals surface area contributed by atoms with Gasteiger partial charge in [0.15, 0.2) is 0 Å². The van der Waals surface area contributed by atoms with E-state index in [-0.39, 0.29) is 0 Å². The Bertz CT molecular complexity index is 233. The van der Waals surface area contributed by atoms with Gasteiger partial charge in [-0.25, -0.2) is 0 Å². The van der Waals surface area contributed by atoms with Crippen LogP contribution in [0.5, 0.6) is 0 Å². The van der Waals surface area contributed by atoms with E-state index in [1.54, 1.807) is 0 Å². The van der Waals surface area contributed by atoms with E-state index >= 15 is 0 Å². The molecule has 2 unspecified atom stereocenters. The predicted octanol–water partition coefficient (Wildman–Crippen LogP) is 2.50. The maximum absolute atomic E-state index is 6.07. The zero-order valence-corrected chi connectivity index (χ0v) is 12.7. The largest absolute Gasteiger partial charge is 0.377 e. The van der Waals surface area contributed by atoms with Crippen LogP contribution >= 0.6 is 0 Å². The summed E-state index contributed by atoms with van der Waals surface area (Å²) in [4.78, 5) is 2.40. The fraction of sp³-hybridized carbons (Fsp3) is 1.00. The molecule has 0 aromatic carbocycles. The van der Waals surface area contributed by atoms with Crippen molar-refractivity contribution in [1.29, 1.82) is 0 Å². The minimum Gasteiger partial charge on any atom is -0.377 e. The monoisotopic (exact) mass is 256 g/mol. The number of likely N-dealkylation sites (N-methyl/N-ethyl adjacent to an activating group) is 1. The van der Waals surface area contributed by atoms with Crippen LogP contribution in [0.3, 0.4) is 0 Å². The summed E-state index contributed by atoms with van der Waals surface area (Å²) in [5, 5.41) is 0. The first kappa shape index (κ1) is 15.9. The Kier molecular flexibility index (Phi) is 6.61. The Morgan fingerprint density at radius 3 is 2.72 bits per heavy atom. The third kappa shape index (κ3) is 5.25. The number of rotatable bonds is 7. The van der Waals surface area contributed by atoms with Crippen molar-refractivity contribution in [3.8, 4) is 0 Å². The van der Waals surface area contributed by atoms with Crippen LogP contribution < -0.4 is 5.73 Å². The fourth-order valence-electron chi connectivity index (χ4n) is 3.26. The molecule has 0 bridgehead atoms. The standard InChI is InChI=1S/C15H32N2O/c1-13(2)18-9-8-17(4)12-15(11-16)7-5-6-14(3)10-15/h13-14H,5-12,16H2,1-4H3. The van der Waals surface area contributed by atoms with E-state index < -0.39 is 0 Å². The Labute approximate surface area is 113 Å². The van der Waals surface area contributed by atoms with Crippen LogP contribution in [-0.4, -0.2) is 44.3 Å². The quantitative estimate of drug-likeness (QED) is 0.760. The van der Waals surface area contributed by atoms with Crippen LogP contribution in [0.15, 0.2) is 0 Å². The third-order valence-corrected chi connectivity index (χ3v) is 4.15. The van der Waals surface area contributed by atoms with Crippen LogP contribution in [0.25, 0.3) is 0 Å². The molecule has 1 rings (SSSR count). The summed E-state index contributed by atoms with van der Waals surface area (Å²) in [5.74, 6) is 0.836. The molecule has 0 aromatic heterocycles. The van der Waals surface area contributed by atoms with E-state index in [0.717, 1.165) is 32.2 Å². The van der Waals surface area contributed by atoms with E-state index in [0.29, 0.717) is 11.5 Å². The SMILES string of the molecule is CC1CCCC(CN)(CN(C)CCOC(C)C)C1.